The number of nitrogens with zero attached hydrogens (tertiary/aromatic N) is 1. The van der Waals surface area contributed by atoms with Crippen molar-refractivity contribution in [3.63, 3.8) is 0 Å². The zero-order valence-electron chi connectivity index (χ0n) is 17.2. The highest BCUT2D eigenvalue weighted by molar-refractivity contribution is 7.89. The maximum Gasteiger partial charge on any atom is 0.320 e. The van der Waals surface area contributed by atoms with Crippen LogP contribution in [-0.4, -0.2) is 56.7 Å². The van der Waals surface area contributed by atoms with E-state index in [0.29, 0.717) is 11.1 Å². The number of carbonyl (C=O) groups excluding carboxylic acids is 3. The zero-order chi connectivity index (χ0) is 22.1. The van der Waals surface area contributed by atoms with Crippen molar-refractivity contribution in [3.8, 4) is 0 Å². The van der Waals surface area contributed by atoms with E-state index >= 15 is 0 Å². The van der Waals surface area contributed by atoms with Crippen LogP contribution in [0.5, 0.6) is 0 Å². The summed E-state index contributed by atoms with van der Waals surface area (Å²) >= 11 is 0. The molecule has 3 rings (SSSR count). The number of esters is 2. The molecule has 0 saturated carbocycles. The summed E-state index contributed by atoms with van der Waals surface area (Å²) < 4.78 is 37.4. The lowest BCUT2D eigenvalue weighted by Gasteiger charge is -2.24. The van der Waals surface area contributed by atoms with Gasteiger partial charge in [-0.3, -0.25) is 14.4 Å². The number of sulfonamides is 1. The van der Waals surface area contributed by atoms with E-state index in [2.05, 4.69) is 0 Å². The maximum absolute atomic E-state index is 13.0. The Kier molecular flexibility index (Phi) is 6.42. The van der Waals surface area contributed by atoms with Crippen LogP contribution in [0.1, 0.15) is 25.8 Å². The molecule has 30 heavy (non-hydrogen) atoms. The fraction of sp³-hybridized carbons (Fsp3) is 0.476. The van der Waals surface area contributed by atoms with Gasteiger partial charge in [-0.15, -0.1) is 0 Å². The van der Waals surface area contributed by atoms with Crippen LogP contribution in [0, 0.1) is 18.8 Å². The Labute approximate surface area is 175 Å². The number of rotatable bonds is 7. The molecule has 0 radical (unpaired) electrons. The van der Waals surface area contributed by atoms with Crippen LogP contribution >= 0.6 is 0 Å². The standard InChI is InChI=1S/C21H25NO7S/c1-4-28-20(24)19(21(25)29-5-2)15-10-18(23)17-12-22(11-16(15)17)30(26,27)14-8-6-13(3)7-9-14/h6-9,15,19H,4-5,10-12H2,1-3H3. The van der Waals surface area contributed by atoms with Gasteiger partial charge in [0.15, 0.2) is 11.7 Å². The number of ether oxygens (including phenoxy) is 2. The second kappa shape index (κ2) is 8.69. The van der Waals surface area contributed by atoms with E-state index in [1.54, 1.807) is 26.0 Å². The first-order valence-corrected chi connectivity index (χ1v) is 11.3. The fourth-order valence-corrected chi connectivity index (χ4v) is 5.30. The second-order valence-corrected chi connectivity index (χ2v) is 9.24. The monoisotopic (exact) mass is 435 g/mol. The largest absolute Gasteiger partial charge is 0.465 e. The van der Waals surface area contributed by atoms with Crippen LogP contribution in [0.3, 0.4) is 0 Å². The van der Waals surface area contributed by atoms with E-state index in [9.17, 15) is 22.8 Å². The molecule has 1 heterocycles. The van der Waals surface area contributed by atoms with Gasteiger partial charge in [0.1, 0.15) is 0 Å². The van der Waals surface area contributed by atoms with E-state index in [0.717, 1.165) is 5.56 Å². The molecule has 1 aliphatic heterocycles. The molecular weight excluding hydrogens is 410 g/mol. The number of ketones is 1. The van der Waals surface area contributed by atoms with Gasteiger partial charge in [-0.2, -0.15) is 4.31 Å². The molecular formula is C21H25NO7S. The Bertz CT molecular complexity index is 977. The normalized spacial score (nSPS) is 19.3. The predicted octanol–water partition coefficient (Wildman–Crippen LogP) is 1.63. The number of Topliss-reactive ketones (excluding diaryl/α,β-unsaturated/α-hetero) is 1. The molecule has 1 aromatic rings. The first kappa shape index (κ1) is 22.2. The lowest BCUT2D eigenvalue weighted by molar-refractivity contribution is -0.163. The molecule has 0 amide bonds. The molecule has 0 saturated heterocycles. The topological polar surface area (TPSA) is 107 Å². The van der Waals surface area contributed by atoms with Gasteiger partial charge in [-0.25, -0.2) is 8.42 Å². The quantitative estimate of drug-likeness (QED) is 0.473. The average molecular weight is 435 g/mol. The Hall–Kier alpha value is -2.52. The summed E-state index contributed by atoms with van der Waals surface area (Å²) in [5.74, 6) is -3.83. The second-order valence-electron chi connectivity index (χ2n) is 7.31. The third-order valence-electron chi connectivity index (χ3n) is 5.40. The smallest absolute Gasteiger partial charge is 0.320 e. The Balaban J connectivity index is 1.89. The molecule has 0 aromatic heterocycles. The number of benzene rings is 1. The van der Waals surface area contributed by atoms with Crippen LogP contribution in [0.4, 0.5) is 0 Å². The molecule has 1 atom stereocenters. The summed E-state index contributed by atoms with van der Waals surface area (Å²) in [6.45, 7) is 5.14. The van der Waals surface area contributed by atoms with Crippen LogP contribution in [0.2, 0.25) is 0 Å². The molecule has 1 aliphatic carbocycles. The molecule has 1 aromatic carbocycles. The molecule has 0 N–H and O–H groups in total. The SMILES string of the molecule is CCOC(=O)C(C(=O)OCC)C1CC(=O)C2=C1CN(S(=O)(=O)c1ccc(C)cc1)C2. The van der Waals surface area contributed by atoms with Gasteiger partial charge in [0, 0.05) is 31.0 Å². The molecule has 2 aliphatic rings. The lowest BCUT2D eigenvalue weighted by Crippen LogP contribution is -2.37. The molecule has 9 heteroatoms. The summed E-state index contributed by atoms with van der Waals surface area (Å²) in [6.07, 6.45) is -0.0363. The number of hydrogen-bond acceptors (Lipinski definition) is 7. The van der Waals surface area contributed by atoms with Crippen molar-refractivity contribution in [1.82, 2.24) is 4.31 Å². The van der Waals surface area contributed by atoms with E-state index in [4.69, 9.17) is 9.47 Å². The molecule has 0 fully saturated rings. The molecule has 0 spiro atoms. The van der Waals surface area contributed by atoms with E-state index in [-0.39, 0.29) is 43.4 Å². The van der Waals surface area contributed by atoms with Crippen molar-refractivity contribution in [3.05, 3.63) is 41.0 Å². The first-order chi connectivity index (χ1) is 14.2. The van der Waals surface area contributed by atoms with Crippen molar-refractivity contribution < 1.29 is 32.3 Å². The number of aryl methyl sites for hydroxylation is 1. The zero-order valence-corrected chi connectivity index (χ0v) is 18.0. The predicted molar refractivity (Wildman–Crippen MR) is 107 cm³/mol. The summed E-state index contributed by atoms with van der Waals surface area (Å²) in [4.78, 5) is 37.7. The number of hydrogen-bond donors (Lipinski definition) is 0. The molecule has 1 unspecified atom stereocenters. The Morgan fingerprint density at radius 1 is 1.07 bits per heavy atom. The third kappa shape index (κ3) is 4.04. The Morgan fingerprint density at radius 3 is 2.17 bits per heavy atom. The third-order valence-corrected chi connectivity index (χ3v) is 7.21. The van der Waals surface area contributed by atoms with Gasteiger partial charge in [0.05, 0.1) is 18.1 Å². The van der Waals surface area contributed by atoms with Gasteiger partial charge in [0.25, 0.3) is 0 Å². The average Bonchev–Trinajstić information content (AvgIpc) is 3.25. The molecule has 0 bridgehead atoms. The summed E-state index contributed by atoms with van der Waals surface area (Å²) in [5.41, 5.74) is 1.79. The van der Waals surface area contributed by atoms with E-state index in [1.165, 1.54) is 16.4 Å². The van der Waals surface area contributed by atoms with Gasteiger partial charge in [0.2, 0.25) is 10.0 Å². The van der Waals surface area contributed by atoms with Crippen LogP contribution in [0.15, 0.2) is 40.3 Å². The van der Waals surface area contributed by atoms with Gasteiger partial charge in [-0.05, 0) is 38.5 Å². The van der Waals surface area contributed by atoms with E-state index < -0.39 is 33.8 Å². The summed E-state index contributed by atoms with van der Waals surface area (Å²) in [7, 11) is -3.82. The lowest BCUT2D eigenvalue weighted by atomic mass is 9.86. The van der Waals surface area contributed by atoms with Crippen molar-refractivity contribution >= 4 is 27.7 Å². The maximum atomic E-state index is 13.0. The highest BCUT2D eigenvalue weighted by Gasteiger charge is 2.49. The van der Waals surface area contributed by atoms with Gasteiger partial charge < -0.3 is 9.47 Å². The van der Waals surface area contributed by atoms with Gasteiger partial charge in [-0.1, -0.05) is 17.7 Å². The van der Waals surface area contributed by atoms with Crippen LogP contribution in [-0.2, 0) is 33.9 Å². The van der Waals surface area contributed by atoms with Crippen molar-refractivity contribution in [2.75, 3.05) is 26.3 Å². The van der Waals surface area contributed by atoms with Crippen molar-refractivity contribution in [2.45, 2.75) is 32.1 Å². The summed E-state index contributed by atoms with van der Waals surface area (Å²) in [5, 5.41) is 0. The summed E-state index contributed by atoms with van der Waals surface area (Å²) in [6, 6.07) is 6.45. The minimum Gasteiger partial charge on any atom is -0.465 e. The fourth-order valence-electron chi connectivity index (χ4n) is 3.91. The Morgan fingerprint density at radius 2 is 1.63 bits per heavy atom. The molecule has 8 nitrogen and oxygen atoms in total. The highest BCUT2D eigenvalue weighted by atomic mass is 32.2. The minimum absolute atomic E-state index is 0.0363. The molecule has 162 valence electrons. The minimum atomic E-state index is -3.82. The van der Waals surface area contributed by atoms with Gasteiger partial charge >= 0.3 is 11.9 Å². The highest BCUT2D eigenvalue weighted by Crippen LogP contribution is 2.41. The van der Waals surface area contributed by atoms with Crippen molar-refractivity contribution in [2.24, 2.45) is 11.8 Å². The van der Waals surface area contributed by atoms with Crippen LogP contribution in [0.25, 0.3) is 0 Å². The van der Waals surface area contributed by atoms with Crippen molar-refractivity contribution in [1.29, 1.82) is 0 Å². The van der Waals surface area contributed by atoms with Crippen LogP contribution < -0.4 is 0 Å². The number of carbonyl (C=O) groups is 3. The van der Waals surface area contributed by atoms with E-state index in [1.807, 2.05) is 6.92 Å². The first-order valence-electron chi connectivity index (χ1n) is 9.85.